The van der Waals surface area contributed by atoms with Crippen molar-refractivity contribution in [2.45, 2.75) is 5.16 Å². The van der Waals surface area contributed by atoms with Gasteiger partial charge in [0.15, 0.2) is 22.5 Å². The molecule has 0 aliphatic heterocycles. The van der Waals surface area contributed by atoms with Crippen LogP contribution in [-0.2, 0) is 4.79 Å². The zero-order valence-electron chi connectivity index (χ0n) is 18.2. The molecule has 0 saturated heterocycles. The van der Waals surface area contributed by atoms with E-state index in [0.29, 0.717) is 26.8 Å². The third-order valence-corrected chi connectivity index (χ3v) is 6.71. The lowest BCUT2D eigenvalue weighted by Gasteiger charge is -2.10. The number of nitrogens with zero attached hydrogens (tertiary/aromatic N) is 5. The lowest BCUT2D eigenvalue weighted by molar-refractivity contribution is -0.118. The molecule has 0 atom stereocenters. The van der Waals surface area contributed by atoms with E-state index in [1.807, 2.05) is 41.0 Å². The van der Waals surface area contributed by atoms with Crippen LogP contribution in [-0.4, -0.2) is 49.8 Å². The summed E-state index contributed by atoms with van der Waals surface area (Å²) in [5.41, 5.74) is 4.79. The molecule has 9 nitrogen and oxygen atoms in total. The molecule has 2 aromatic carbocycles. The average molecular weight is 618 g/mol. The number of methoxy groups -OCH3 is 1. The van der Waals surface area contributed by atoms with Crippen LogP contribution in [0, 0.1) is 0 Å². The number of aromatic nitrogens is 4. The number of rotatable bonds is 8. The highest BCUT2D eigenvalue weighted by Crippen LogP contribution is 2.34. The molecule has 0 bridgehead atoms. The minimum absolute atomic E-state index is 0.00868. The molecule has 0 fully saturated rings. The second kappa shape index (κ2) is 11.5. The van der Waals surface area contributed by atoms with Crippen LogP contribution < -0.4 is 10.2 Å². The maximum absolute atomic E-state index is 12.4. The first-order chi connectivity index (χ1) is 17.0. The van der Waals surface area contributed by atoms with Crippen LogP contribution in [0.5, 0.6) is 11.5 Å². The summed E-state index contributed by atoms with van der Waals surface area (Å²) in [6.45, 7) is 0. The number of ether oxygens (including phenoxy) is 1. The van der Waals surface area contributed by atoms with Crippen molar-refractivity contribution in [3.8, 4) is 28.6 Å². The van der Waals surface area contributed by atoms with Crippen molar-refractivity contribution in [3.63, 3.8) is 0 Å². The summed E-state index contributed by atoms with van der Waals surface area (Å²) >= 11 is 7.94. The van der Waals surface area contributed by atoms with Crippen molar-refractivity contribution in [3.05, 3.63) is 75.4 Å². The molecule has 0 aliphatic rings. The number of halogens is 2. The summed E-state index contributed by atoms with van der Waals surface area (Å²) in [7, 11) is 1.45. The molecule has 1 amide bonds. The van der Waals surface area contributed by atoms with Gasteiger partial charge in [0.2, 0.25) is 0 Å². The van der Waals surface area contributed by atoms with E-state index >= 15 is 0 Å². The highest BCUT2D eigenvalue weighted by atomic mass is 79.9. The van der Waals surface area contributed by atoms with Gasteiger partial charge in [0.1, 0.15) is 0 Å². The molecule has 0 radical (unpaired) electrons. The van der Waals surface area contributed by atoms with Crippen molar-refractivity contribution in [2.24, 2.45) is 5.10 Å². The number of carbonyl (C=O) groups is 1. The molecule has 178 valence electrons. The Kier molecular flexibility index (Phi) is 8.16. The highest BCUT2D eigenvalue weighted by molar-refractivity contribution is 9.10. The van der Waals surface area contributed by atoms with Crippen molar-refractivity contribution in [1.82, 2.24) is 25.2 Å². The monoisotopic (exact) mass is 616 g/mol. The fraction of sp³-hybridized carbons (Fsp3) is 0.0870. The highest BCUT2D eigenvalue weighted by Gasteiger charge is 2.17. The Bertz CT molecular complexity index is 1360. The maximum Gasteiger partial charge on any atom is 0.250 e. The molecule has 35 heavy (non-hydrogen) atoms. The van der Waals surface area contributed by atoms with Gasteiger partial charge in [-0.15, -0.1) is 10.2 Å². The lowest BCUT2D eigenvalue weighted by Crippen LogP contribution is -2.20. The molecule has 0 saturated carbocycles. The van der Waals surface area contributed by atoms with Crippen LogP contribution in [0.1, 0.15) is 5.56 Å². The number of carbonyl (C=O) groups excluding carboxylic acids is 1. The second-order valence-corrected chi connectivity index (χ2v) is 9.71. The SMILES string of the molecule is COc1cc(/C=N/NC(=O)CSc2nnc(-c3cccnc3)n2-c2ccc(Br)cc2)cc(Br)c1O. The van der Waals surface area contributed by atoms with Crippen molar-refractivity contribution < 1.29 is 14.6 Å². The first-order valence-corrected chi connectivity index (χ1v) is 12.7. The number of amides is 1. The third kappa shape index (κ3) is 6.08. The van der Waals surface area contributed by atoms with E-state index in [0.717, 1.165) is 15.7 Å². The number of phenols is 1. The molecule has 4 rings (SSSR count). The molecule has 12 heteroatoms. The Morgan fingerprint density at radius 1 is 1.23 bits per heavy atom. The fourth-order valence-corrected chi connectivity index (χ4v) is 4.50. The number of hydrogen-bond acceptors (Lipinski definition) is 8. The van der Waals surface area contributed by atoms with Crippen LogP contribution in [0.15, 0.2) is 80.1 Å². The van der Waals surface area contributed by atoms with Gasteiger partial charge in [0.25, 0.3) is 5.91 Å². The Balaban J connectivity index is 1.48. The van der Waals surface area contributed by atoms with Crippen LogP contribution in [0.4, 0.5) is 0 Å². The predicted molar refractivity (Wildman–Crippen MR) is 141 cm³/mol. The molecular weight excluding hydrogens is 600 g/mol. The number of benzene rings is 2. The largest absolute Gasteiger partial charge is 0.503 e. The zero-order chi connectivity index (χ0) is 24.8. The van der Waals surface area contributed by atoms with Crippen LogP contribution in [0.2, 0.25) is 0 Å². The number of nitrogens with one attached hydrogen (secondary N) is 1. The molecule has 2 heterocycles. The quantitative estimate of drug-likeness (QED) is 0.166. The zero-order valence-corrected chi connectivity index (χ0v) is 22.2. The fourth-order valence-electron chi connectivity index (χ4n) is 3.03. The first-order valence-electron chi connectivity index (χ1n) is 10.1. The number of thioether (sulfide) groups is 1. The Labute approximate surface area is 221 Å². The van der Waals surface area contributed by atoms with Gasteiger partial charge < -0.3 is 9.84 Å². The number of hydrogen-bond donors (Lipinski definition) is 2. The Hall–Kier alpha value is -3.22. The smallest absolute Gasteiger partial charge is 0.250 e. The molecular formula is C23H18Br2N6O3S. The van der Waals surface area contributed by atoms with E-state index in [2.05, 4.69) is 57.6 Å². The third-order valence-electron chi connectivity index (χ3n) is 4.64. The molecule has 0 aliphatic carbocycles. The number of pyridine rings is 1. The molecule has 0 spiro atoms. The summed E-state index contributed by atoms with van der Waals surface area (Å²) in [6, 6.07) is 14.7. The Morgan fingerprint density at radius 2 is 2.03 bits per heavy atom. The van der Waals surface area contributed by atoms with E-state index in [9.17, 15) is 9.90 Å². The number of hydrazone groups is 1. The summed E-state index contributed by atoms with van der Waals surface area (Å²) in [5, 5.41) is 23.1. The van der Waals surface area contributed by atoms with Gasteiger partial charge in [-0.3, -0.25) is 14.3 Å². The molecule has 2 N–H and O–H groups in total. The first kappa shape index (κ1) is 24.9. The minimum Gasteiger partial charge on any atom is -0.503 e. The van der Waals surface area contributed by atoms with Crippen LogP contribution >= 0.6 is 43.6 Å². The topological polar surface area (TPSA) is 115 Å². The van der Waals surface area contributed by atoms with Crippen molar-refractivity contribution in [1.29, 1.82) is 0 Å². The van der Waals surface area contributed by atoms with Crippen LogP contribution in [0.3, 0.4) is 0 Å². The maximum atomic E-state index is 12.4. The van der Waals surface area contributed by atoms with Crippen LogP contribution in [0.25, 0.3) is 17.1 Å². The predicted octanol–water partition coefficient (Wildman–Crippen LogP) is 4.81. The van der Waals surface area contributed by atoms with Gasteiger partial charge in [0.05, 0.1) is 23.5 Å². The Morgan fingerprint density at radius 3 is 2.74 bits per heavy atom. The van der Waals surface area contributed by atoms with Gasteiger partial charge in [-0.1, -0.05) is 27.7 Å². The average Bonchev–Trinajstić information content (AvgIpc) is 3.29. The molecule has 0 unspecified atom stereocenters. The van der Waals surface area contributed by atoms with Crippen molar-refractivity contribution in [2.75, 3.05) is 12.9 Å². The van der Waals surface area contributed by atoms with E-state index in [-0.39, 0.29) is 17.4 Å². The molecule has 2 aromatic heterocycles. The van der Waals surface area contributed by atoms with Gasteiger partial charge in [-0.25, -0.2) is 5.43 Å². The van der Waals surface area contributed by atoms with E-state index in [1.165, 1.54) is 25.1 Å². The number of aromatic hydroxyl groups is 1. The summed E-state index contributed by atoms with van der Waals surface area (Å²) in [4.78, 5) is 16.6. The second-order valence-electron chi connectivity index (χ2n) is 7.00. The van der Waals surface area contributed by atoms with Crippen molar-refractivity contribution >= 4 is 55.7 Å². The standard InChI is InChI=1S/C23H18Br2N6O3S/c1-34-19-10-14(9-18(25)21(19)33)11-27-28-20(32)13-35-23-30-29-22(15-3-2-8-26-12-15)31(23)17-6-4-16(24)5-7-17/h2-12,33H,13H2,1H3,(H,28,32)/b27-11+. The van der Waals surface area contributed by atoms with Gasteiger partial charge in [-0.2, -0.15) is 5.10 Å². The minimum atomic E-state index is -0.315. The summed E-state index contributed by atoms with van der Waals surface area (Å²) < 4.78 is 8.40. The summed E-state index contributed by atoms with van der Waals surface area (Å²) in [5.74, 6) is 0.657. The lowest BCUT2D eigenvalue weighted by atomic mass is 10.2. The van der Waals surface area contributed by atoms with Gasteiger partial charge >= 0.3 is 0 Å². The normalized spacial score (nSPS) is 11.1. The number of phenolic OH excluding ortho intramolecular Hbond substituents is 1. The van der Waals surface area contributed by atoms with Gasteiger partial charge in [-0.05, 0) is 70.0 Å². The van der Waals surface area contributed by atoms with E-state index < -0.39 is 0 Å². The van der Waals surface area contributed by atoms with E-state index in [1.54, 1.807) is 24.5 Å². The summed E-state index contributed by atoms with van der Waals surface area (Å²) in [6.07, 6.45) is 4.86. The molecule has 4 aromatic rings. The van der Waals surface area contributed by atoms with E-state index in [4.69, 9.17) is 4.74 Å². The van der Waals surface area contributed by atoms with Gasteiger partial charge in [0, 0.05) is 28.1 Å².